The zero-order valence-electron chi connectivity index (χ0n) is 30.1. The maximum Gasteiger partial charge on any atom is 0.326 e. The van der Waals surface area contributed by atoms with Crippen LogP contribution in [0.3, 0.4) is 0 Å². The van der Waals surface area contributed by atoms with Crippen LogP contribution >= 0.6 is 0 Å². The fraction of sp³-hybridized carbons (Fsp3) is 0.725. The topological polar surface area (TPSA) is 119 Å². The van der Waals surface area contributed by atoms with E-state index in [4.69, 9.17) is 10.5 Å². The highest BCUT2D eigenvalue weighted by molar-refractivity contribution is 5.83. The maximum absolute atomic E-state index is 12.6. The van der Waals surface area contributed by atoms with Crippen molar-refractivity contribution in [3.05, 3.63) is 48.6 Å². The lowest BCUT2D eigenvalue weighted by Gasteiger charge is -2.17. The summed E-state index contributed by atoms with van der Waals surface area (Å²) >= 11 is 0. The summed E-state index contributed by atoms with van der Waals surface area (Å²) in [5.74, 6) is -1.29. The van der Waals surface area contributed by atoms with Crippen molar-refractivity contribution in [2.24, 2.45) is 5.73 Å². The number of carbonyl (C=O) groups excluding carboxylic acids is 2. The van der Waals surface area contributed by atoms with E-state index in [0.29, 0.717) is 32.2 Å². The lowest BCUT2D eigenvalue weighted by molar-refractivity contribution is -0.150. The molecule has 7 nitrogen and oxygen atoms in total. The van der Waals surface area contributed by atoms with Crippen LogP contribution < -0.4 is 11.1 Å². The number of rotatable bonds is 33. The summed E-state index contributed by atoms with van der Waals surface area (Å²) in [6.45, 7) is 4.79. The molecule has 2 unspecified atom stereocenters. The minimum Gasteiger partial charge on any atom is -0.480 e. The van der Waals surface area contributed by atoms with Crippen LogP contribution in [0, 0.1) is 0 Å². The first-order valence-corrected chi connectivity index (χ1v) is 19.0. The summed E-state index contributed by atoms with van der Waals surface area (Å²) in [6, 6.07) is -0.863. The third-order valence-electron chi connectivity index (χ3n) is 8.17. The Kier molecular flexibility index (Phi) is 32.7. The molecular weight excluding hydrogens is 588 g/mol. The molecule has 0 aliphatic heterocycles. The Morgan fingerprint density at radius 1 is 0.638 bits per heavy atom. The molecule has 0 spiro atoms. The van der Waals surface area contributed by atoms with Gasteiger partial charge in [-0.25, -0.2) is 4.79 Å². The number of aliphatic carboxylic acids is 1. The van der Waals surface area contributed by atoms with Crippen molar-refractivity contribution in [1.82, 2.24) is 5.32 Å². The van der Waals surface area contributed by atoms with E-state index < -0.39 is 12.0 Å². The highest BCUT2D eigenvalue weighted by Gasteiger charge is 2.19. The number of carboxylic acid groups (broad SMARTS) is 1. The molecule has 4 N–H and O–H groups in total. The van der Waals surface area contributed by atoms with Gasteiger partial charge in [-0.3, -0.25) is 9.59 Å². The molecule has 1 amide bonds. The summed E-state index contributed by atoms with van der Waals surface area (Å²) in [5, 5.41) is 11.9. The largest absolute Gasteiger partial charge is 0.480 e. The van der Waals surface area contributed by atoms with Crippen molar-refractivity contribution in [3.63, 3.8) is 0 Å². The minimum atomic E-state index is -1.01. The zero-order chi connectivity index (χ0) is 34.6. The fourth-order valence-electron chi connectivity index (χ4n) is 5.32. The van der Waals surface area contributed by atoms with E-state index in [1.54, 1.807) is 0 Å². The van der Waals surface area contributed by atoms with Crippen LogP contribution in [-0.4, -0.2) is 41.6 Å². The fourth-order valence-corrected chi connectivity index (χ4v) is 5.32. The molecule has 0 aliphatic carbocycles. The summed E-state index contributed by atoms with van der Waals surface area (Å²) in [4.78, 5) is 36.1. The SMILES string of the molecule is CC/C=C\C/C=C\C/C=C\C/C=C\CCC(CCCCCCCC(=O)NC(CCCN)C(=O)O)OC(=O)CCCCCCCCCC. The lowest BCUT2D eigenvalue weighted by Crippen LogP contribution is -2.40. The Bertz CT molecular complexity index is 880. The number of hydrogen-bond acceptors (Lipinski definition) is 5. The van der Waals surface area contributed by atoms with E-state index in [2.05, 4.69) is 67.8 Å². The van der Waals surface area contributed by atoms with Crippen LogP contribution in [0.25, 0.3) is 0 Å². The van der Waals surface area contributed by atoms with Crippen molar-refractivity contribution in [2.75, 3.05) is 6.54 Å². The lowest BCUT2D eigenvalue weighted by atomic mass is 10.0. The number of nitrogens with two attached hydrogens (primary N) is 1. The first-order chi connectivity index (χ1) is 22.9. The van der Waals surface area contributed by atoms with Crippen molar-refractivity contribution in [2.45, 2.75) is 180 Å². The third kappa shape index (κ3) is 31.7. The zero-order valence-corrected chi connectivity index (χ0v) is 30.1. The molecule has 0 radical (unpaired) electrons. The molecule has 0 aromatic heterocycles. The van der Waals surface area contributed by atoms with Gasteiger partial charge >= 0.3 is 11.9 Å². The van der Waals surface area contributed by atoms with Crippen molar-refractivity contribution < 1.29 is 24.2 Å². The molecular formula is C40H70N2O5. The summed E-state index contributed by atoms with van der Waals surface area (Å²) in [7, 11) is 0. The molecule has 0 saturated carbocycles. The summed E-state index contributed by atoms with van der Waals surface area (Å²) in [6.07, 6.45) is 40.1. The molecule has 7 heteroatoms. The standard InChI is InChI=1S/C40H70N2O5/c1-3-5-7-9-11-13-14-15-16-17-18-21-25-30-36(47-39(44)34-28-24-19-12-10-8-6-4-2)31-26-22-20-23-27-33-38(43)42-37(40(45)46)32-29-35-41/h5,7,11,13,15-16,18,21,36-37H,3-4,6,8-10,12,14,17,19-20,22-35,41H2,1-2H3,(H,42,43)(H,45,46)/b7-5-,13-11-,16-15-,21-18-. The minimum absolute atomic E-state index is 0.0594. The van der Waals surface area contributed by atoms with Gasteiger partial charge in [0.25, 0.3) is 0 Å². The second-order valence-corrected chi connectivity index (χ2v) is 12.6. The Balaban J connectivity index is 4.46. The smallest absolute Gasteiger partial charge is 0.326 e. The Labute approximate surface area is 287 Å². The number of carbonyl (C=O) groups is 3. The highest BCUT2D eigenvalue weighted by atomic mass is 16.5. The van der Waals surface area contributed by atoms with E-state index in [-0.39, 0.29) is 18.0 Å². The van der Waals surface area contributed by atoms with Gasteiger partial charge in [-0.15, -0.1) is 0 Å². The molecule has 0 aromatic carbocycles. The van der Waals surface area contributed by atoms with Crippen LogP contribution in [0.4, 0.5) is 0 Å². The van der Waals surface area contributed by atoms with Gasteiger partial charge in [0.1, 0.15) is 12.1 Å². The van der Waals surface area contributed by atoms with Gasteiger partial charge in [-0.1, -0.05) is 127 Å². The van der Waals surface area contributed by atoms with Gasteiger partial charge in [-0.2, -0.15) is 0 Å². The molecule has 0 aromatic rings. The second kappa shape index (κ2) is 34.7. The number of esters is 1. The Morgan fingerprint density at radius 2 is 1.17 bits per heavy atom. The van der Waals surface area contributed by atoms with Gasteiger partial charge in [0.15, 0.2) is 0 Å². The first kappa shape index (κ1) is 44.3. The molecule has 0 aliphatic rings. The predicted molar refractivity (Wildman–Crippen MR) is 197 cm³/mol. The van der Waals surface area contributed by atoms with Crippen molar-refractivity contribution >= 4 is 17.8 Å². The molecule has 0 bridgehead atoms. The average Bonchev–Trinajstić information content (AvgIpc) is 3.05. The quantitative estimate of drug-likeness (QED) is 0.0367. The number of allylic oxidation sites excluding steroid dienone is 8. The van der Waals surface area contributed by atoms with Gasteiger partial charge < -0.3 is 20.9 Å². The van der Waals surface area contributed by atoms with Gasteiger partial charge in [0.05, 0.1) is 0 Å². The normalized spacial score (nSPS) is 13.3. The molecule has 270 valence electrons. The summed E-state index contributed by atoms with van der Waals surface area (Å²) < 4.78 is 5.95. The van der Waals surface area contributed by atoms with Crippen LogP contribution in [0.15, 0.2) is 48.6 Å². The van der Waals surface area contributed by atoms with Crippen LogP contribution in [0.5, 0.6) is 0 Å². The maximum atomic E-state index is 12.6. The molecule has 0 fully saturated rings. The molecule has 2 atom stereocenters. The van der Waals surface area contributed by atoms with Gasteiger partial charge in [0, 0.05) is 12.8 Å². The molecule has 47 heavy (non-hydrogen) atoms. The van der Waals surface area contributed by atoms with Crippen LogP contribution in [0.1, 0.15) is 168 Å². The molecule has 0 heterocycles. The second-order valence-electron chi connectivity index (χ2n) is 12.6. The van der Waals surface area contributed by atoms with E-state index >= 15 is 0 Å². The van der Waals surface area contributed by atoms with E-state index in [1.807, 2.05) is 0 Å². The van der Waals surface area contributed by atoms with E-state index in [1.165, 1.54) is 38.5 Å². The van der Waals surface area contributed by atoms with Gasteiger partial charge in [0.2, 0.25) is 5.91 Å². The predicted octanol–water partition coefficient (Wildman–Crippen LogP) is 10.1. The van der Waals surface area contributed by atoms with Gasteiger partial charge in [-0.05, 0) is 83.6 Å². The first-order valence-electron chi connectivity index (χ1n) is 19.0. The Morgan fingerprint density at radius 3 is 1.74 bits per heavy atom. The Hall–Kier alpha value is -2.67. The third-order valence-corrected chi connectivity index (χ3v) is 8.17. The molecule has 0 rings (SSSR count). The van der Waals surface area contributed by atoms with Crippen molar-refractivity contribution in [3.8, 4) is 0 Å². The van der Waals surface area contributed by atoms with Crippen molar-refractivity contribution in [1.29, 1.82) is 0 Å². The number of hydrogen-bond donors (Lipinski definition) is 3. The number of carboxylic acids is 1. The number of nitrogens with one attached hydrogen (secondary N) is 1. The highest BCUT2D eigenvalue weighted by Crippen LogP contribution is 2.17. The number of unbranched alkanes of at least 4 members (excludes halogenated alkanes) is 11. The van der Waals surface area contributed by atoms with Crippen LogP contribution in [-0.2, 0) is 19.1 Å². The van der Waals surface area contributed by atoms with E-state index in [9.17, 15) is 19.5 Å². The monoisotopic (exact) mass is 659 g/mol. The van der Waals surface area contributed by atoms with Crippen LogP contribution in [0.2, 0.25) is 0 Å². The van der Waals surface area contributed by atoms with E-state index in [0.717, 1.165) is 89.9 Å². The number of ether oxygens (including phenoxy) is 1. The molecule has 0 saturated heterocycles. The number of amides is 1. The summed E-state index contributed by atoms with van der Waals surface area (Å²) in [5.41, 5.74) is 5.47. The average molecular weight is 659 g/mol.